The molecule has 1 aliphatic heterocycles. The number of alkyl halides is 2. The molecule has 2 aromatic rings. The zero-order chi connectivity index (χ0) is 18.8. The Bertz CT molecular complexity index is 853. The third-order valence-corrected chi connectivity index (χ3v) is 4.74. The van der Waals surface area contributed by atoms with Gasteiger partial charge in [0.15, 0.2) is 0 Å². The quantitative estimate of drug-likeness (QED) is 0.639. The lowest BCUT2D eigenvalue weighted by Crippen LogP contribution is -2.45. The monoisotopic (exact) mass is 376 g/mol. The highest BCUT2D eigenvalue weighted by atomic mass is 32.2. The zero-order valence-electron chi connectivity index (χ0n) is 13.6. The van der Waals surface area contributed by atoms with Crippen molar-refractivity contribution in [1.82, 2.24) is 4.90 Å². The molecule has 8 heteroatoms. The Hall–Kier alpha value is -2.74. The molecule has 0 radical (unpaired) electrons. The van der Waals surface area contributed by atoms with Gasteiger partial charge < -0.3 is 5.32 Å². The van der Waals surface area contributed by atoms with Crippen molar-refractivity contribution < 1.29 is 23.2 Å². The molecule has 5 nitrogen and oxygen atoms in total. The lowest BCUT2D eigenvalue weighted by molar-refractivity contribution is -0.119. The summed E-state index contributed by atoms with van der Waals surface area (Å²) in [5.74, 6) is -4.38. The average Bonchev–Trinajstić information content (AvgIpc) is 2.87. The summed E-state index contributed by atoms with van der Waals surface area (Å²) in [6, 6.07) is 11.3. The normalized spacial score (nSPS) is 14.5. The zero-order valence-corrected chi connectivity index (χ0v) is 14.4. The van der Waals surface area contributed by atoms with Gasteiger partial charge in [-0.15, -0.1) is 0 Å². The number of nitrogens with one attached hydrogen (secondary N) is 1. The van der Waals surface area contributed by atoms with Crippen LogP contribution in [0.1, 0.15) is 27.6 Å². The Balaban J connectivity index is 1.80. The van der Waals surface area contributed by atoms with E-state index in [1.54, 1.807) is 24.3 Å². The van der Waals surface area contributed by atoms with Crippen LogP contribution in [0.25, 0.3) is 0 Å². The lowest BCUT2D eigenvalue weighted by atomic mass is 10.1. The molecule has 0 saturated carbocycles. The molecule has 26 heavy (non-hydrogen) atoms. The van der Waals surface area contributed by atoms with Crippen molar-refractivity contribution in [3.05, 3.63) is 59.7 Å². The van der Waals surface area contributed by atoms with Crippen molar-refractivity contribution in [2.75, 3.05) is 5.32 Å². The summed E-state index contributed by atoms with van der Waals surface area (Å²) in [5, 5.41) is 2.52. The first-order valence-corrected chi connectivity index (χ1v) is 8.59. The number of thioether (sulfide) groups is 1. The molecule has 3 amide bonds. The Labute approximate surface area is 152 Å². The SMILES string of the molecule is CC(C(=O)Nc1ccccc1SC(F)F)N1C(=O)c2ccccc2C1=O. The van der Waals surface area contributed by atoms with Crippen molar-refractivity contribution in [2.45, 2.75) is 23.6 Å². The molecule has 1 N–H and O–H groups in total. The second kappa shape index (κ2) is 7.25. The van der Waals surface area contributed by atoms with Crippen LogP contribution in [0.4, 0.5) is 14.5 Å². The summed E-state index contributed by atoms with van der Waals surface area (Å²) in [6.07, 6.45) is 0. The van der Waals surface area contributed by atoms with Crippen LogP contribution >= 0.6 is 11.8 Å². The predicted octanol–water partition coefficient (Wildman–Crippen LogP) is 3.62. The molecule has 1 heterocycles. The van der Waals surface area contributed by atoms with Gasteiger partial charge in [0, 0.05) is 4.90 Å². The summed E-state index contributed by atoms with van der Waals surface area (Å²) < 4.78 is 25.3. The van der Waals surface area contributed by atoms with E-state index in [2.05, 4.69) is 5.32 Å². The van der Waals surface area contributed by atoms with E-state index in [9.17, 15) is 23.2 Å². The van der Waals surface area contributed by atoms with Crippen LogP contribution in [0, 0.1) is 0 Å². The van der Waals surface area contributed by atoms with Gasteiger partial charge >= 0.3 is 0 Å². The minimum Gasteiger partial charge on any atom is -0.323 e. The number of amides is 3. The van der Waals surface area contributed by atoms with E-state index >= 15 is 0 Å². The number of carbonyl (C=O) groups is 3. The molecule has 1 aliphatic rings. The number of imide groups is 1. The molecular weight excluding hydrogens is 362 g/mol. The van der Waals surface area contributed by atoms with E-state index < -0.39 is 29.5 Å². The Morgan fingerprint density at radius 2 is 1.54 bits per heavy atom. The van der Waals surface area contributed by atoms with Crippen molar-refractivity contribution in [2.24, 2.45) is 0 Å². The van der Waals surface area contributed by atoms with Crippen LogP contribution < -0.4 is 5.32 Å². The first kappa shape index (κ1) is 18.1. The third-order valence-electron chi connectivity index (χ3n) is 3.95. The van der Waals surface area contributed by atoms with Gasteiger partial charge in [-0.25, -0.2) is 0 Å². The summed E-state index contributed by atoms with van der Waals surface area (Å²) in [4.78, 5) is 38.5. The van der Waals surface area contributed by atoms with Crippen LogP contribution in [-0.4, -0.2) is 34.4 Å². The number of fused-ring (bicyclic) bond motifs is 1. The van der Waals surface area contributed by atoms with Gasteiger partial charge in [0.2, 0.25) is 5.91 Å². The fourth-order valence-corrected chi connectivity index (χ4v) is 3.28. The van der Waals surface area contributed by atoms with Gasteiger partial charge in [-0.05, 0) is 31.2 Å². The van der Waals surface area contributed by atoms with Gasteiger partial charge in [0.05, 0.1) is 16.8 Å². The third kappa shape index (κ3) is 3.32. The number of benzene rings is 2. The second-order valence-electron chi connectivity index (χ2n) is 5.57. The second-order valence-corrected chi connectivity index (χ2v) is 6.60. The minimum atomic E-state index is -2.64. The molecular formula is C18H14F2N2O3S. The van der Waals surface area contributed by atoms with Gasteiger partial charge in [-0.1, -0.05) is 36.0 Å². The molecule has 134 valence electrons. The van der Waals surface area contributed by atoms with E-state index in [-0.39, 0.29) is 21.7 Å². The number of hydrogen-bond donors (Lipinski definition) is 1. The summed E-state index contributed by atoms with van der Waals surface area (Å²) in [7, 11) is 0. The molecule has 1 unspecified atom stereocenters. The number of carbonyl (C=O) groups excluding carboxylic acids is 3. The fraction of sp³-hybridized carbons (Fsp3) is 0.167. The number of halogens is 2. The summed E-state index contributed by atoms with van der Waals surface area (Å²) >= 11 is 0.306. The Kier molecular flexibility index (Phi) is 5.03. The van der Waals surface area contributed by atoms with E-state index in [0.29, 0.717) is 11.8 Å². The highest BCUT2D eigenvalue weighted by molar-refractivity contribution is 7.99. The number of para-hydroxylation sites is 1. The first-order valence-electron chi connectivity index (χ1n) is 7.71. The fourth-order valence-electron chi connectivity index (χ4n) is 2.68. The molecule has 3 rings (SSSR count). The van der Waals surface area contributed by atoms with Crippen LogP contribution in [0.5, 0.6) is 0 Å². The number of anilines is 1. The predicted molar refractivity (Wildman–Crippen MR) is 93.3 cm³/mol. The maximum atomic E-state index is 12.6. The van der Waals surface area contributed by atoms with Gasteiger partial charge in [0.25, 0.3) is 17.6 Å². The van der Waals surface area contributed by atoms with Crippen LogP contribution in [0.3, 0.4) is 0 Å². The summed E-state index contributed by atoms with van der Waals surface area (Å²) in [5.41, 5.74) is 0.683. The van der Waals surface area contributed by atoms with Crippen LogP contribution in [-0.2, 0) is 4.79 Å². The van der Waals surface area contributed by atoms with E-state index in [0.717, 1.165) is 4.90 Å². The van der Waals surface area contributed by atoms with E-state index in [4.69, 9.17) is 0 Å². The van der Waals surface area contributed by atoms with Gasteiger partial charge in [-0.2, -0.15) is 8.78 Å². The first-order chi connectivity index (χ1) is 12.4. The highest BCUT2D eigenvalue weighted by Gasteiger charge is 2.40. The molecule has 2 aromatic carbocycles. The minimum absolute atomic E-state index is 0.199. The topological polar surface area (TPSA) is 66.5 Å². The molecule has 0 aromatic heterocycles. The van der Waals surface area contributed by atoms with E-state index in [1.807, 2.05) is 0 Å². The molecule has 0 bridgehead atoms. The maximum Gasteiger partial charge on any atom is 0.288 e. The highest BCUT2D eigenvalue weighted by Crippen LogP contribution is 2.32. The maximum absolute atomic E-state index is 12.6. The number of rotatable bonds is 5. The number of nitrogens with zero attached hydrogens (tertiary/aromatic N) is 1. The van der Waals surface area contributed by atoms with Crippen molar-refractivity contribution >= 4 is 35.2 Å². The largest absolute Gasteiger partial charge is 0.323 e. The molecule has 0 fully saturated rings. The van der Waals surface area contributed by atoms with Gasteiger partial charge in [-0.3, -0.25) is 19.3 Å². The van der Waals surface area contributed by atoms with Crippen molar-refractivity contribution in [3.8, 4) is 0 Å². The molecule has 0 aliphatic carbocycles. The van der Waals surface area contributed by atoms with Crippen molar-refractivity contribution in [1.29, 1.82) is 0 Å². The Morgan fingerprint density at radius 1 is 1.00 bits per heavy atom. The summed E-state index contributed by atoms with van der Waals surface area (Å²) in [6.45, 7) is 1.42. The van der Waals surface area contributed by atoms with Crippen molar-refractivity contribution in [3.63, 3.8) is 0 Å². The molecule has 0 saturated heterocycles. The lowest BCUT2D eigenvalue weighted by Gasteiger charge is -2.22. The van der Waals surface area contributed by atoms with Gasteiger partial charge in [0.1, 0.15) is 6.04 Å². The average molecular weight is 376 g/mol. The van der Waals surface area contributed by atoms with Crippen LogP contribution in [0.2, 0.25) is 0 Å². The molecule has 1 atom stereocenters. The standard InChI is InChI=1S/C18H14F2N2O3S/c1-10(22-16(24)11-6-2-3-7-12(11)17(22)25)15(23)21-13-8-4-5-9-14(13)26-18(19)20/h2-10,18H,1H3,(H,21,23). The smallest absolute Gasteiger partial charge is 0.288 e. The van der Waals surface area contributed by atoms with Crippen LogP contribution in [0.15, 0.2) is 53.4 Å². The molecule has 0 spiro atoms. The van der Waals surface area contributed by atoms with E-state index in [1.165, 1.54) is 31.2 Å². The Morgan fingerprint density at radius 3 is 2.12 bits per heavy atom. The number of hydrogen-bond acceptors (Lipinski definition) is 4.